The van der Waals surface area contributed by atoms with E-state index >= 15 is 0 Å². The smallest absolute Gasteiger partial charge is 0.353 e. The first-order chi connectivity index (χ1) is 14.5. The molecule has 0 saturated carbocycles. The Morgan fingerprint density at radius 2 is 1.60 bits per heavy atom. The molecule has 0 aliphatic heterocycles. The fraction of sp³-hybridized carbons (Fsp3) is 0.190. The Labute approximate surface area is 173 Å². The van der Waals surface area contributed by atoms with Crippen molar-refractivity contribution in [3.8, 4) is 0 Å². The topological polar surface area (TPSA) is 119 Å². The van der Waals surface area contributed by atoms with Crippen molar-refractivity contribution in [2.75, 3.05) is 17.2 Å². The molecule has 9 nitrogen and oxygen atoms in total. The van der Waals surface area contributed by atoms with Crippen molar-refractivity contribution in [3.63, 3.8) is 0 Å². The monoisotopic (exact) mass is 407 g/mol. The molecule has 2 N–H and O–H groups in total. The zero-order valence-electron chi connectivity index (χ0n) is 16.6. The lowest BCUT2D eigenvalue weighted by Gasteiger charge is -2.13. The van der Waals surface area contributed by atoms with Gasteiger partial charge in [0.15, 0.2) is 0 Å². The van der Waals surface area contributed by atoms with Crippen molar-refractivity contribution < 1.29 is 14.5 Å². The van der Waals surface area contributed by atoms with Crippen LogP contribution in [0.25, 0.3) is 0 Å². The van der Waals surface area contributed by atoms with Crippen molar-refractivity contribution >= 4 is 34.7 Å². The standard InChI is InChI=1S/C21H21N5O4/c1-3-14-9-5-7-11-16(14)24-19-18(26(28)29)20(23-13-22-19)25-17-12-8-6-10-15(17)21(27)30-4-2/h5-13H,3-4H2,1-2H3,(H2,22,23,24,25). The number of nitrogens with one attached hydrogen (secondary N) is 2. The number of carbonyl (C=O) groups is 1. The summed E-state index contributed by atoms with van der Waals surface area (Å²) in [4.78, 5) is 31.6. The van der Waals surface area contributed by atoms with Gasteiger partial charge in [0.05, 0.1) is 22.8 Å². The van der Waals surface area contributed by atoms with E-state index in [9.17, 15) is 14.9 Å². The summed E-state index contributed by atoms with van der Waals surface area (Å²) in [5, 5.41) is 17.8. The number of hydrogen-bond acceptors (Lipinski definition) is 8. The number of aromatic nitrogens is 2. The molecule has 0 fully saturated rings. The molecule has 0 saturated heterocycles. The molecule has 0 aliphatic rings. The molecule has 0 unspecified atom stereocenters. The number of para-hydroxylation sites is 2. The molecule has 30 heavy (non-hydrogen) atoms. The third kappa shape index (κ3) is 4.52. The number of anilines is 4. The SMILES string of the molecule is CCOC(=O)c1ccccc1Nc1ncnc(Nc2ccccc2CC)c1[N+](=O)[O-]. The average Bonchev–Trinajstić information content (AvgIpc) is 2.74. The van der Waals surface area contributed by atoms with Crippen LogP contribution < -0.4 is 10.6 Å². The Morgan fingerprint density at radius 3 is 2.23 bits per heavy atom. The van der Waals surface area contributed by atoms with Gasteiger partial charge in [0.25, 0.3) is 0 Å². The first-order valence-corrected chi connectivity index (χ1v) is 9.42. The van der Waals surface area contributed by atoms with Crippen LogP contribution in [0.4, 0.5) is 28.7 Å². The Balaban J connectivity index is 2.01. The highest BCUT2D eigenvalue weighted by Crippen LogP contribution is 2.34. The van der Waals surface area contributed by atoms with E-state index in [2.05, 4.69) is 20.6 Å². The molecule has 0 bridgehead atoms. The van der Waals surface area contributed by atoms with Gasteiger partial charge in [0.1, 0.15) is 6.33 Å². The van der Waals surface area contributed by atoms with Gasteiger partial charge in [-0.1, -0.05) is 37.3 Å². The minimum atomic E-state index is -0.563. The van der Waals surface area contributed by atoms with Crippen LogP contribution in [0, 0.1) is 10.1 Å². The third-order valence-electron chi connectivity index (χ3n) is 4.33. The normalized spacial score (nSPS) is 10.3. The van der Waals surface area contributed by atoms with E-state index in [1.807, 2.05) is 31.2 Å². The van der Waals surface area contributed by atoms with Gasteiger partial charge >= 0.3 is 11.7 Å². The number of carbonyl (C=O) groups excluding carboxylic acids is 1. The van der Waals surface area contributed by atoms with E-state index < -0.39 is 10.9 Å². The molecular formula is C21H21N5O4. The second-order valence-corrected chi connectivity index (χ2v) is 6.20. The molecule has 0 amide bonds. The Kier molecular flexibility index (Phi) is 6.53. The van der Waals surface area contributed by atoms with E-state index in [0.717, 1.165) is 17.7 Å². The van der Waals surface area contributed by atoms with E-state index in [-0.39, 0.29) is 29.5 Å². The largest absolute Gasteiger partial charge is 0.462 e. The van der Waals surface area contributed by atoms with Crippen molar-refractivity contribution in [2.24, 2.45) is 0 Å². The maximum absolute atomic E-state index is 12.2. The number of rotatable bonds is 8. The van der Waals surface area contributed by atoms with Gasteiger partial charge in [-0.05, 0) is 37.1 Å². The molecule has 3 rings (SSSR count). The summed E-state index contributed by atoms with van der Waals surface area (Å²) in [6.07, 6.45) is 1.97. The molecule has 0 atom stereocenters. The maximum Gasteiger partial charge on any atom is 0.353 e. The van der Waals surface area contributed by atoms with Crippen molar-refractivity contribution in [2.45, 2.75) is 20.3 Å². The summed E-state index contributed by atoms with van der Waals surface area (Å²) in [5.74, 6) is -0.525. The molecule has 9 heteroatoms. The molecule has 3 aromatic rings. The van der Waals surface area contributed by atoms with E-state index in [4.69, 9.17) is 4.74 Å². The molecule has 0 radical (unpaired) electrons. The fourth-order valence-electron chi connectivity index (χ4n) is 2.92. The lowest BCUT2D eigenvalue weighted by molar-refractivity contribution is -0.383. The third-order valence-corrected chi connectivity index (χ3v) is 4.33. The molecule has 154 valence electrons. The van der Waals surface area contributed by atoms with Crippen LogP contribution in [0.15, 0.2) is 54.9 Å². The number of hydrogen-bond donors (Lipinski definition) is 2. The van der Waals surface area contributed by atoms with Crippen molar-refractivity contribution in [1.29, 1.82) is 0 Å². The Morgan fingerprint density at radius 1 is 1.00 bits per heavy atom. The van der Waals surface area contributed by atoms with Crippen LogP contribution in [-0.4, -0.2) is 27.5 Å². The van der Waals surface area contributed by atoms with Crippen molar-refractivity contribution in [1.82, 2.24) is 9.97 Å². The van der Waals surface area contributed by atoms with Crippen LogP contribution in [-0.2, 0) is 11.2 Å². The second kappa shape index (κ2) is 9.46. The van der Waals surface area contributed by atoms with Crippen LogP contribution in [0.1, 0.15) is 29.8 Å². The summed E-state index contributed by atoms with van der Waals surface area (Å²) >= 11 is 0. The summed E-state index contributed by atoms with van der Waals surface area (Å²) in [6.45, 7) is 3.91. The first kappa shape index (κ1) is 20.7. The first-order valence-electron chi connectivity index (χ1n) is 9.42. The number of ether oxygens (including phenoxy) is 1. The van der Waals surface area contributed by atoms with E-state index in [1.165, 1.54) is 6.33 Å². The van der Waals surface area contributed by atoms with Crippen LogP contribution in [0.5, 0.6) is 0 Å². The summed E-state index contributed by atoms with van der Waals surface area (Å²) < 4.78 is 5.05. The molecule has 0 spiro atoms. The minimum Gasteiger partial charge on any atom is -0.462 e. The van der Waals surface area contributed by atoms with Crippen LogP contribution >= 0.6 is 0 Å². The zero-order valence-corrected chi connectivity index (χ0v) is 16.6. The van der Waals surface area contributed by atoms with Gasteiger partial charge in [0.2, 0.25) is 11.6 Å². The number of benzene rings is 2. The molecular weight excluding hydrogens is 386 g/mol. The van der Waals surface area contributed by atoms with Crippen LogP contribution in [0.2, 0.25) is 0 Å². The Hall–Kier alpha value is -4.01. The Bertz CT molecular complexity index is 1070. The number of nitrogens with zero attached hydrogens (tertiary/aromatic N) is 3. The summed E-state index contributed by atoms with van der Waals surface area (Å²) in [7, 11) is 0. The van der Waals surface area contributed by atoms with Gasteiger partial charge in [-0.25, -0.2) is 14.8 Å². The van der Waals surface area contributed by atoms with Crippen molar-refractivity contribution in [3.05, 3.63) is 76.1 Å². The van der Waals surface area contributed by atoms with Gasteiger partial charge < -0.3 is 15.4 Å². The number of nitro groups is 1. The predicted octanol–water partition coefficient (Wildman–Crippen LogP) is 4.61. The minimum absolute atomic E-state index is 0.0387. The molecule has 0 aliphatic carbocycles. The lowest BCUT2D eigenvalue weighted by Crippen LogP contribution is -2.10. The second-order valence-electron chi connectivity index (χ2n) is 6.20. The van der Waals surface area contributed by atoms with Crippen LogP contribution in [0.3, 0.4) is 0 Å². The highest BCUT2D eigenvalue weighted by atomic mass is 16.6. The van der Waals surface area contributed by atoms with E-state index in [0.29, 0.717) is 5.69 Å². The molecule has 2 aromatic carbocycles. The molecule has 1 aromatic heterocycles. The van der Waals surface area contributed by atoms with Gasteiger partial charge in [-0.15, -0.1) is 0 Å². The zero-order chi connectivity index (χ0) is 21.5. The molecule has 1 heterocycles. The van der Waals surface area contributed by atoms with E-state index in [1.54, 1.807) is 31.2 Å². The quantitative estimate of drug-likeness (QED) is 0.316. The summed E-state index contributed by atoms with van der Waals surface area (Å²) in [5.41, 5.74) is 1.98. The fourth-order valence-corrected chi connectivity index (χ4v) is 2.92. The average molecular weight is 407 g/mol. The predicted molar refractivity (Wildman–Crippen MR) is 113 cm³/mol. The van der Waals surface area contributed by atoms with Gasteiger partial charge in [-0.3, -0.25) is 10.1 Å². The highest BCUT2D eigenvalue weighted by Gasteiger charge is 2.25. The number of esters is 1. The summed E-state index contributed by atoms with van der Waals surface area (Å²) in [6, 6.07) is 14.1. The van der Waals surface area contributed by atoms with Gasteiger partial charge in [-0.2, -0.15) is 0 Å². The van der Waals surface area contributed by atoms with Gasteiger partial charge in [0, 0.05) is 5.69 Å². The highest BCUT2D eigenvalue weighted by molar-refractivity contribution is 5.97. The lowest BCUT2D eigenvalue weighted by atomic mass is 10.1. The number of aryl methyl sites for hydroxylation is 1. The maximum atomic E-state index is 12.2.